The van der Waals surface area contributed by atoms with Crippen molar-refractivity contribution in [3.63, 3.8) is 0 Å². The molecule has 0 spiro atoms. The summed E-state index contributed by atoms with van der Waals surface area (Å²) >= 11 is 5.88. The summed E-state index contributed by atoms with van der Waals surface area (Å²) in [6.07, 6.45) is 0. The van der Waals surface area contributed by atoms with E-state index in [1.165, 1.54) is 13.2 Å². The van der Waals surface area contributed by atoms with Crippen molar-refractivity contribution >= 4 is 17.6 Å². The Kier molecular flexibility index (Phi) is 2.78. The number of aromatic hydroxyl groups is 1. The van der Waals surface area contributed by atoms with Crippen molar-refractivity contribution in [2.24, 2.45) is 9.98 Å². The fraction of sp³-hybridized carbons (Fsp3) is 0.300. The molecule has 1 aromatic rings. The van der Waals surface area contributed by atoms with Crippen molar-refractivity contribution in [1.29, 1.82) is 0 Å². The molecule has 5 nitrogen and oxygen atoms in total. The summed E-state index contributed by atoms with van der Waals surface area (Å²) in [6.45, 7) is 0. The second-order valence-electron chi connectivity index (χ2n) is 3.24. The third kappa shape index (κ3) is 1.74. The van der Waals surface area contributed by atoms with Crippen LogP contribution >= 0.6 is 11.6 Å². The molecule has 2 atom stereocenters. The minimum atomic E-state index is -0.860. The van der Waals surface area contributed by atoms with Crippen LogP contribution in [0.3, 0.4) is 0 Å². The van der Waals surface area contributed by atoms with E-state index >= 15 is 0 Å². The number of phenols is 1. The van der Waals surface area contributed by atoms with Gasteiger partial charge in [-0.2, -0.15) is 0 Å². The zero-order valence-corrected chi connectivity index (χ0v) is 9.18. The van der Waals surface area contributed by atoms with E-state index in [1.807, 2.05) is 0 Å². The predicted molar refractivity (Wildman–Crippen MR) is 55.9 cm³/mol. The number of methoxy groups -OCH3 is 1. The van der Waals surface area contributed by atoms with Crippen molar-refractivity contribution < 1.29 is 14.6 Å². The van der Waals surface area contributed by atoms with Crippen LogP contribution in [0.25, 0.3) is 0 Å². The lowest BCUT2D eigenvalue weighted by Gasteiger charge is -2.15. The van der Waals surface area contributed by atoms with Crippen LogP contribution in [-0.2, 0) is 9.53 Å². The number of carbonyl (C=O) groups is 1. The summed E-state index contributed by atoms with van der Waals surface area (Å²) in [5, 5.41) is 10.3. The summed E-state index contributed by atoms with van der Waals surface area (Å²) in [6, 6.07) is 3.90. The van der Waals surface area contributed by atoms with Crippen LogP contribution < -0.4 is 10.7 Å². The van der Waals surface area contributed by atoms with Gasteiger partial charge in [-0.3, -0.25) is 9.98 Å². The van der Waals surface area contributed by atoms with Gasteiger partial charge in [-0.25, -0.2) is 4.79 Å². The molecule has 0 fully saturated rings. The average Bonchev–Trinajstić information content (AvgIpc) is 2.29. The Morgan fingerprint density at radius 3 is 2.94 bits per heavy atom. The van der Waals surface area contributed by atoms with E-state index in [0.29, 0.717) is 10.7 Å². The first-order valence-electron chi connectivity index (χ1n) is 4.59. The molecule has 1 aliphatic rings. The SMILES string of the molecule is COC(=O)C1N=c2cccc(O)c2=NC1Cl. The number of benzene rings is 1. The number of carbonyl (C=O) groups excluding carboxylic acids is 1. The van der Waals surface area contributed by atoms with Gasteiger partial charge in [0.05, 0.1) is 12.5 Å². The molecule has 1 aliphatic heterocycles. The summed E-state index contributed by atoms with van der Waals surface area (Å²) in [7, 11) is 1.26. The Bertz CT molecular complexity index is 543. The van der Waals surface area contributed by atoms with E-state index in [9.17, 15) is 9.90 Å². The monoisotopic (exact) mass is 240 g/mol. The Morgan fingerprint density at radius 1 is 1.50 bits per heavy atom. The number of esters is 1. The third-order valence-corrected chi connectivity index (χ3v) is 2.56. The number of para-hydroxylation sites is 1. The molecule has 6 heteroatoms. The number of nitrogens with zero attached hydrogens (tertiary/aromatic N) is 2. The standard InChI is InChI=1S/C10H9ClN2O3/c1-16-10(15)8-9(11)13-7-5(12-8)3-2-4-6(7)14/h2-4,8-9,14H,1H3. The number of ether oxygens (including phenoxy) is 1. The van der Waals surface area contributed by atoms with Gasteiger partial charge in [-0.05, 0) is 12.1 Å². The number of rotatable bonds is 1. The fourth-order valence-corrected chi connectivity index (χ4v) is 1.70. The Morgan fingerprint density at radius 2 is 2.25 bits per heavy atom. The van der Waals surface area contributed by atoms with Gasteiger partial charge in [-0.15, -0.1) is 0 Å². The van der Waals surface area contributed by atoms with Crippen LogP contribution in [0.1, 0.15) is 0 Å². The van der Waals surface area contributed by atoms with Gasteiger partial charge in [-0.1, -0.05) is 17.7 Å². The van der Waals surface area contributed by atoms with Crippen molar-refractivity contribution in [2.45, 2.75) is 11.5 Å². The largest absolute Gasteiger partial charge is 0.506 e. The highest BCUT2D eigenvalue weighted by Gasteiger charge is 2.29. The van der Waals surface area contributed by atoms with Crippen LogP contribution in [-0.4, -0.2) is 29.7 Å². The molecule has 0 saturated carbocycles. The first-order chi connectivity index (χ1) is 7.63. The van der Waals surface area contributed by atoms with E-state index in [-0.39, 0.29) is 5.75 Å². The second kappa shape index (κ2) is 4.09. The topological polar surface area (TPSA) is 71.2 Å². The van der Waals surface area contributed by atoms with E-state index < -0.39 is 17.5 Å². The van der Waals surface area contributed by atoms with Crippen molar-refractivity contribution in [2.75, 3.05) is 7.11 Å². The molecule has 0 aromatic heterocycles. The number of halogens is 1. The molecule has 1 N–H and O–H groups in total. The van der Waals surface area contributed by atoms with Gasteiger partial charge < -0.3 is 9.84 Å². The lowest BCUT2D eigenvalue weighted by atomic mass is 10.2. The molecule has 0 radical (unpaired) electrons. The molecule has 1 aromatic carbocycles. The van der Waals surface area contributed by atoms with Gasteiger partial charge in [0.25, 0.3) is 0 Å². The molecule has 16 heavy (non-hydrogen) atoms. The van der Waals surface area contributed by atoms with Crippen molar-refractivity contribution in [1.82, 2.24) is 0 Å². The number of hydrogen-bond acceptors (Lipinski definition) is 5. The van der Waals surface area contributed by atoms with Crippen LogP contribution in [0.2, 0.25) is 0 Å². The maximum absolute atomic E-state index is 11.3. The highest BCUT2D eigenvalue weighted by Crippen LogP contribution is 2.12. The van der Waals surface area contributed by atoms with E-state index in [0.717, 1.165) is 0 Å². The Labute approximate surface area is 96.0 Å². The van der Waals surface area contributed by atoms with Gasteiger partial charge in [0.2, 0.25) is 0 Å². The Balaban J connectivity index is 2.58. The van der Waals surface area contributed by atoms with E-state index in [2.05, 4.69) is 14.7 Å². The van der Waals surface area contributed by atoms with Gasteiger partial charge in [0, 0.05) is 0 Å². The van der Waals surface area contributed by atoms with Crippen LogP contribution in [0, 0.1) is 0 Å². The number of fused-ring (bicyclic) bond motifs is 1. The van der Waals surface area contributed by atoms with Gasteiger partial charge in [0.1, 0.15) is 11.1 Å². The summed E-state index contributed by atoms with van der Waals surface area (Å²) in [5.74, 6) is -0.548. The van der Waals surface area contributed by atoms with Gasteiger partial charge in [0.15, 0.2) is 11.5 Å². The summed E-state index contributed by atoms with van der Waals surface area (Å²) in [5.41, 5.74) is -0.853. The summed E-state index contributed by atoms with van der Waals surface area (Å²) in [4.78, 5) is 19.5. The minimum Gasteiger partial charge on any atom is -0.506 e. The van der Waals surface area contributed by atoms with E-state index in [4.69, 9.17) is 11.6 Å². The molecule has 0 bridgehead atoms. The quantitative estimate of drug-likeness (QED) is 0.418. The second-order valence-corrected chi connectivity index (χ2v) is 3.69. The average molecular weight is 241 g/mol. The highest BCUT2D eigenvalue weighted by atomic mass is 35.5. The van der Waals surface area contributed by atoms with Crippen LogP contribution in [0.15, 0.2) is 28.2 Å². The maximum atomic E-state index is 11.3. The highest BCUT2D eigenvalue weighted by molar-refractivity contribution is 6.22. The Hall–Kier alpha value is -1.62. The molecular weight excluding hydrogens is 232 g/mol. The molecule has 0 amide bonds. The van der Waals surface area contributed by atoms with Gasteiger partial charge >= 0.3 is 5.97 Å². The molecule has 0 saturated heterocycles. The first-order valence-corrected chi connectivity index (χ1v) is 5.02. The maximum Gasteiger partial charge on any atom is 0.334 e. The molecular formula is C10H9ClN2O3. The van der Waals surface area contributed by atoms with Crippen LogP contribution in [0.4, 0.5) is 0 Å². The fourth-order valence-electron chi connectivity index (χ4n) is 1.45. The first kappa shape index (κ1) is 10.9. The van der Waals surface area contributed by atoms with Crippen molar-refractivity contribution in [3.8, 4) is 5.75 Å². The molecule has 2 unspecified atom stereocenters. The van der Waals surface area contributed by atoms with E-state index in [1.54, 1.807) is 12.1 Å². The normalized spacial score (nSPS) is 22.6. The smallest absolute Gasteiger partial charge is 0.334 e. The third-order valence-electron chi connectivity index (χ3n) is 2.23. The zero-order chi connectivity index (χ0) is 11.7. The summed E-state index contributed by atoms with van der Waals surface area (Å²) < 4.78 is 4.57. The molecule has 0 aliphatic carbocycles. The number of alkyl halides is 1. The van der Waals surface area contributed by atoms with Crippen molar-refractivity contribution in [3.05, 3.63) is 28.9 Å². The number of phenolic OH excluding ortho intramolecular Hbond substituents is 1. The lowest BCUT2D eigenvalue weighted by molar-refractivity contribution is -0.142. The molecule has 1 heterocycles. The zero-order valence-electron chi connectivity index (χ0n) is 8.42. The molecule has 84 valence electrons. The lowest BCUT2D eigenvalue weighted by Crippen LogP contribution is -2.41. The number of hydrogen-bond donors (Lipinski definition) is 1. The van der Waals surface area contributed by atoms with Crippen LogP contribution in [0.5, 0.6) is 5.75 Å². The molecule has 2 rings (SSSR count). The minimum absolute atomic E-state index is 0.00443. The predicted octanol–water partition coefficient (Wildman–Crippen LogP) is -0.249.